The van der Waals surface area contributed by atoms with E-state index in [0.29, 0.717) is 0 Å². The van der Waals surface area contributed by atoms with Gasteiger partial charge in [-0.05, 0) is 64.2 Å². The molecule has 0 amide bonds. The Morgan fingerprint density at radius 3 is 0.877 bits per heavy atom. The van der Waals surface area contributed by atoms with Crippen LogP contribution in [0.1, 0.15) is 271 Å². The molecule has 0 aliphatic rings. The Morgan fingerprint density at radius 2 is 0.596 bits per heavy atom. The van der Waals surface area contributed by atoms with Crippen LogP contribution in [0.3, 0.4) is 0 Å². The summed E-state index contributed by atoms with van der Waals surface area (Å²) in [6, 6.07) is 0. The standard InChI is InChI=1S/C54H102O3/c1-5-9-13-17-21-23-25-27-29-31-33-35-37-39-43-47-51(55)53(49-45-41-19-15-11-7-3)57-54(50-46-42-20-16-12-8-4)52(56)48-44-40-38-36-34-32-30-28-26-24-22-18-14-10-6-2/h5-6,45-46,49-56H,1-2,7-44,47-48H2,3-4H3/b49-45-,50-46-. The quantitative estimate of drug-likeness (QED) is 0.0476. The van der Waals surface area contributed by atoms with Crippen LogP contribution < -0.4 is 0 Å². The summed E-state index contributed by atoms with van der Waals surface area (Å²) in [7, 11) is 0. The second kappa shape index (κ2) is 47.5. The smallest absolute Gasteiger partial charge is 0.102 e. The molecule has 0 aromatic heterocycles. The van der Waals surface area contributed by atoms with Crippen molar-refractivity contribution < 1.29 is 14.9 Å². The SMILES string of the molecule is C=CCCCCCCCCCCCCCCCC(O)C(/C=C\CCCCCC)OC(/C=C\CCCCCC)C(O)CCCCCCCCCCCCCCCC=C. The first-order valence-corrected chi connectivity index (χ1v) is 25.7. The van der Waals surface area contributed by atoms with Gasteiger partial charge in [0.1, 0.15) is 12.2 Å². The van der Waals surface area contributed by atoms with Gasteiger partial charge in [0.05, 0.1) is 12.2 Å². The Labute approximate surface area is 358 Å². The summed E-state index contributed by atoms with van der Waals surface area (Å²) in [6.07, 6.45) is 61.0. The van der Waals surface area contributed by atoms with Gasteiger partial charge in [-0.2, -0.15) is 0 Å². The number of rotatable bonds is 48. The number of hydrogen-bond acceptors (Lipinski definition) is 3. The van der Waals surface area contributed by atoms with Crippen LogP contribution in [-0.2, 0) is 4.74 Å². The minimum absolute atomic E-state index is 0.375. The topological polar surface area (TPSA) is 49.7 Å². The minimum Gasteiger partial charge on any atom is -0.390 e. The summed E-state index contributed by atoms with van der Waals surface area (Å²) < 4.78 is 6.70. The lowest BCUT2D eigenvalue weighted by Crippen LogP contribution is -2.36. The average Bonchev–Trinajstić information content (AvgIpc) is 3.21. The molecule has 3 heteroatoms. The van der Waals surface area contributed by atoms with Crippen molar-refractivity contribution >= 4 is 0 Å². The fraction of sp³-hybridized carbons (Fsp3) is 0.852. The van der Waals surface area contributed by atoms with Crippen LogP contribution in [0.15, 0.2) is 49.6 Å². The molecule has 0 rings (SSSR count). The fourth-order valence-corrected chi connectivity index (χ4v) is 8.05. The first-order valence-electron chi connectivity index (χ1n) is 25.7. The number of aliphatic hydroxyl groups is 2. The van der Waals surface area contributed by atoms with E-state index in [2.05, 4.69) is 51.3 Å². The third kappa shape index (κ3) is 41.4. The van der Waals surface area contributed by atoms with Crippen LogP contribution in [0.5, 0.6) is 0 Å². The van der Waals surface area contributed by atoms with E-state index in [1.807, 2.05) is 12.2 Å². The molecule has 0 saturated carbocycles. The van der Waals surface area contributed by atoms with Gasteiger partial charge in [0.2, 0.25) is 0 Å². The third-order valence-corrected chi connectivity index (χ3v) is 12.0. The summed E-state index contributed by atoms with van der Waals surface area (Å²) in [6.45, 7) is 12.2. The predicted octanol–water partition coefficient (Wildman–Crippen LogP) is 17.6. The second-order valence-corrected chi connectivity index (χ2v) is 17.7. The van der Waals surface area contributed by atoms with E-state index in [0.717, 1.165) is 38.5 Å². The molecule has 4 atom stereocenters. The van der Waals surface area contributed by atoms with E-state index in [-0.39, 0.29) is 12.2 Å². The maximum absolute atomic E-state index is 11.5. The Hall–Kier alpha value is -1.16. The number of unbranched alkanes of at least 4 members (excludes halogenated alkanes) is 34. The molecule has 57 heavy (non-hydrogen) atoms. The van der Waals surface area contributed by atoms with E-state index < -0.39 is 12.2 Å². The monoisotopic (exact) mass is 799 g/mol. The second-order valence-electron chi connectivity index (χ2n) is 17.7. The summed E-state index contributed by atoms with van der Waals surface area (Å²) in [5.74, 6) is 0. The highest BCUT2D eigenvalue weighted by molar-refractivity contribution is 4.99. The van der Waals surface area contributed by atoms with Gasteiger partial charge in [-0.25, -0.2) is 0 Å². The van der Waals surface area contributed by atoms with Crippen molar-refractivity contribution in [1.82, 2.24) is 0 Å². The maximum atomic E-state index is 11.5. The molecular weight excluding hydrogens is 697 g/mol. The van der Waals surface area contributed by atoms with E-state index in [1.54, 1.807) is 0 Å². The highest BCUT2D eigenvalue weighted by Gasteiger charge is 2.25. The lowest BCUT2D eigenvalue weighted by Gasteiger charge is -2.28. The Kier molecular flexibility index (Phi) is 46.6. The zero-order valence-electron chi connectivity index (χ0n) is 38.8. The van der Waals surface area contributed by atoms with Gasteiger partial charge in [-0.3, -0.25) is 0 Å². The molecule has 0 fully saturated rings. The summed E-state index contributed by atoms with van der Waals surface area (Å²) in [4.78, 5) is 0. The molecular formula is C54H102O3. The zero-order valence-corrected chi connectivity index (χ0v) is 38.8. The van der Waals surface area contributed by atoms with Crippen molar-refractivity contribution in [2.24, 2.45) is 0 Å². The highest BCUT2D eigenvalue weighted by Crippen LogP contribution is 2.21. The third-order valence-electron chi connectivity index (χ3n) is 12.0. The normalized spacial score (nSPS) is 14.1. The van der Waals surface area contributed by atoms with Gasteiger partial charge in [-0.15, -0.1) is 13.2 Å². The van der Waals surface area contributed by atoms with Gasteiger partial charge in [0.15, 0.2) is 0 Å². The van der Waals surface area contributed by atoms with Crippen LogP contribution in [-0.4, -0.2) is 34.6 Å². The molecule has 0 aliphatic heterocycles. The van der Waals surface area contributed by atoms with Crippen LogP contribution in [0, 0.1) is 0 Å². The van der Waals surface area contributed by atoms with Crippen molar-refractivity contribution in [3.63, 3.8) is 0 Å². The molecule has 0 aromatic rings. The van der Waals surface area contributed by atoms with Crippen LogP contribution in [0.25, 0.3) is 0 Å². The summed E-state index contributed by atoms with van der Waals surface area (Å²) >= 11 is 0. The van der Waals surface area contributed by atoms with Crippen molar-refractivity contribution in [2.75, 3.05) is 0 Å². The van der Waals surface area contributed by atoms with Crippen molar-refractivity contribution in [3.8, 4) is 0 Å². The first-order chi connectivity index (χ1) is 28.1. The largest absolute Gasteiger partial charge is 0.390 e. The average molecular weight is 799 g/mol. The van der Waals surface area contributed by atoms with Gasteiger partial charge in [0.25, 0.3) is 0 Å². The Bertz CT molecular complexity index is 780. The maximum Gasteiger partial charge on any atom is 0.102 e. The highest BCUT2D eigenvalue weighted by atomic mass is 16.5. The molecule has 3 nitrogen and oxygen atoms in total. The molecule has 0 aliphatic carbocycles. The number of allylic oxidation sites excluding steroid dienone is 4. The van der Waals surface area contributed by atoms with Gasteiger partial charge in [-0.1, -0.05) is 243 Å². The van der Waals surface area contributed by atoms with Crippen molar-refractivity contribution in [2.45, 2.75) is 295 Å². The molecule has 0 spiro atoms. The lowest BCUT2D eigenvalue weighted by molar-refractivity contribution is -0.0814. The predicted molar refractivity (Wildman–Crippen MR) is 255 cm³/mol. The number of aliphatic hydroxyl groups excluding tert-OH is 2. The van der Waals surface area contributed by atoms with E-state index in [4.69, 9.17) is 4.74 Å². The molecule has 0 saturated heterocycles. The fourth-order valence-electron chi connectivity index (χ4n) is 8.05. The van der Waals surface area contributed by atoms with Crippen LogP contribution >= 0.6 is 0 Å². The van der Waals surface area contributed by atoms with Gasteiger partial charge in [0, 0.05) is 0 Å². The molecule has 2 N–H and O–H groups in total. The van der Waals surface area contributed by atoms with E-state index in [9.17, 15) is 10.2 Å². The molecule has 4 unspecified atom stereocenters. The molecule has 0 bridgehead atoms. The Balaban J connectivity index is 4.79. The summed E-state index contributed by atoms with van der Waals surface area (Å²) in [5, 5.41) is 23.0. The first kappa shape index (κ1) is 55.8. The molecule has 0 radical (unpaired) electrons. The van der Waals surface area contributed by atoms with Crippen molar-refractivity contribution in [1.29, 1.82) is 0 Å². The van der Waals surface area contributed by atoms with Crippen LogP contribution in [0.4, 0.5) is 0 Å². The van der Waals surface area contributed by atoms with E-state index >= 15 is 0 Å². The summed E-state index contributed by atoms with van der Waals surface area (Å²) in [5.41, 5.74) is 0. The molecule has 0 aromatic carbocycles. The van der Waals surface area contributed by atoms with Crippen LogP contribution in [0.2, 0.25) is 0 Å². The van der Waals surface area contributed by atoms with Gasteiger partial charge < -0.3 is 14.9 Å². The number of hydrogen-bond donors (Lipinski definition) is 2. The molecule has 336 valence electrons. The van der Waals surface area contributed by atoms with Gasteiger partial charge >= 0.3 is 0 Å². The van der Waals surface area contributed by atoms with Crippen molar-refractivity contribution in [3.05, 3.63) is 49.6 Å². The Morgan fingerprint density at radius 1 is 0.351 bits per heavy atom. The van der Waals surface area contributed by atoms with E-state index in [1.165, 1.54) is 218 Å². The number of ether oxygens (including phenoxy) is 1. The molecule has 0 heterocycles. The lowest BCUT2D eigenvalue weighted by atomic mass is 10.0. The zero-order chi connectivity index (χ0) is 41.5. The minimum atomic E-state index is -0.538.